The molecule has 2 heteroatoms. The molecule has 1 atom stereocenters. The Balaban J connectivity index is 1.62. The molecule has 0 saturated heterocycles. The summed E-state index contributed by atoms with van der Waals surface area (Å²) >= 11 is 0. The van der Waals surface area contributed by atoms with Gasteiger partial charge in [0.15, 0.2) is 0 Å². The molecular formula is C16H21NO. The van der Waals surface area contributed by atoms with Gasteiger partial charge in [-0.3, -0.25) is 4.79 Å². The summed E-state index contributed by atoms with van der Waals surface area (Å²) in [5.41, 5.74) is 2.80. The van der Waals surface area contributed by atoms with Gasteiger partial charge in [-0.1, -0.05) is 37.1 Å². The van der Waals surface area contributed by atoms with Crippen LogP contribution in [0.1, 0.15) is 43.2 Å². The Bertz CT molecular complexity index is 434. The lowest BCUT2D eigenvalue weighted by Crippen LogP contribution is -2.39. The van der Waals surface area contributed by atoms with Crippen molar-refractivity contribution < 1.29 is 4.79 Å². The Labute approximate surface area is 109 Å². The second-order valence-corrected chi connectivity index (χ2v) is 5.70. The highest BCUT2D eigenvalue weighted by atomic mass is 16.1. The molecule has 1 N–H and O–H groups in total. The monoisotopic (exact) mass is 243 g/mol. The van der Waals surface area contributed by atoms with E-state index in [-0.39, 0.29) is 11.8 Å². The number of hydrogen-bond acceptors (Lipinski definition) is 1. The van der Waals surface area contributed by atoms with Crippen molar-refractivity contribution in [2.45, 2.75) is 51.0 Å². The van der Waals surface area contributed by atoms with Gasteiger partial charge in [0, 0.05) is 12.0 Å². The van der Waals surface area contributed by atoms with E-state index in [2.05, 4.69) is 29.6 Å². The summed E-state index contributed by atoms with van der Waals surface area (Å²) in [4.78, 5) is 12.3. The number of amides is 1. The first-order valence-electron chi connectivity index (χ1n) is 7.20. The zero-order valence-corrected chi connectivity index (χ0v) is 10.8. The first-order chi connectivity index (χ1) is 8.83. The van der Waals surface area contributed by atoms with Gasteiger partial charge in [0.25, 0.3) is 0 Å². The summed E-state index contributed by atoms with van der Waals surface area (Å²) in [6, 6.07) is 8.99. The van der Waals surface area contributed by atoms with E-state index in [1.807, 2.05) is 0 Å². The van der Waals surface area contributed by atoms with Crippen LogP contribution in [-0.4, -0.2) is 11.9 Å². The van der Waals surface area contributed by atoms with Crippen molar-refractivity contribution in [1.29, 1.82) is 0 Å². The van der Waals surface area contributed by atoms with Crippen LogP contribution in [0.2, 0.25) is 0 Å². The van der Waals surface area contributed by atoms with Gasteiger partial charge in [-0.05, 0) is 43.2 Å². The SMILES string of the molecule is O=C(NC1CCCC1)C1CCc2ccccc2C1. The van der Waals surface area contributed by atoms with Crippen LogP contribution in [0.25, 0.3) is 0 Å². The van der Waals surface area contributed by atoms with Crippen molar-refractivity contribution >= 4 is 5.91 Å². The Kier molecular flexibility index (Phi) is 3.35. The molecule has 1 saturated carbocycles. The van der Waals surface area contributed by atoms with Crippen molar-refractivity contribution in [2.24, 2.45) is 5.92 Å². The highest BCUT2D eigenvalue weighted by Crippen LogP contribution is 2.26. The largest absolute Gasteiger partial charge is 0.353 e. The standard InChI is InChI=1S/C16H21NO/c18-16(17-15-7-3-4-8-15)14-10-9-12-5-1-2-6-13(12)11-14/h1-2,5-6,14-15H,3-4,7-11H2,(H,17,18). The van der Waals surface area contributed by atoms with Crippen molar-refractivity contribution in [3.05, 3.63) is 35.4 Å². The number of hydrogen-bond donors (Lipinski definition) is 1. The molecule has 2 aliphatic rings. The zero-order chi connectivity index (χ0) is 12.4. The first kappa shape index (κ1) is 11.8. The lowest BCUT2D eigenvalue weighted by atomic mass is 9.83. The van der Waals surface area contributed by atoms with Gasteiger partial charge in [-0.25, -0.2) is 0 Å². The number of fused-ring (bicyclic) bond motifs is 1. The molecule has 2 aliphatic carbocycles. The minimum atomic E-state index is 0.195. The second-order valence-electron chi connectivity index (χ2n) is 5.70. The Hall–Kier alpha value is -1.31. The van der Waals surface area contributed by atoms with Crippen LogP contribution >= 0.6 is 0 Å². The normalized spacial score (nSPS) is 23.7. The fourth-order valence-corrected chi connectivity index (χ4v) is 3.31. The molecule has 2 nitrogen and oxygen atoms in total. The van der Waals surface area contributed by atoms with Crippen LogP contribution in [0.5, 0.6) is 0 Å². The molecule has 0 bridgehead atoms. The predicted molar refractivity (Wildman–Crippen MR) is 72.4 cm³/mol. The van der Waals surface area contributed by atoms with Crippen molar-refractivity contribution in [3.63, 3.8) is 0 Å². The maximum Gasteiger partial charge on any atom is 0.223 e. The number of rotatable bonds is 2. The molecule has 1 aromatic carbocycles. The minimum Gasteiger partial charge on any atom is -0.353 e. The maximum absolute atomic E-state index is 12.3. The highest BCUT2D eigenvalue weighted by Gasteiger charge is 2.26. The van der Waals surface area contributed by atoms with Crippen LogP contribution in [-0.2, 0) is 17.6 Å². The average molecular weight is 243 g/mol. The van der Waals surface area contributed by atoms with E-state index >= 15 is 0 Å². The molecule has 1 amide bonds. The summed E-state index contributed by atoms with van der Waals surface area (Å²) in [5.74, 6) is 0.483. The van der Waals surface area contributed by atoms with Gasteiger partial charge in [0.1, 0.15) is 0 Å². The third-order valence-electron chi connectivity index (χ3n) is 4.42. The van der Waals surface area contributed by atoms with E-state index in [1.165, 1.54) is 36.8 Å². The summed E-state index contributed by atoms with van der Waals surface area (Å²) in [6.45, 7) is 0. The Morgan fingerprint density at radius 3 is 2.56 bits per heavy atom. The van der Waals surface area contributed by atoms with Crippen molar-refractivity contribution in [3.8, 4) is 0 Å². The second kappa shape index (κ2) is 5.13. The molecule has 18 heavy (non-hydrogen) atoms. The fourth-order valence-electron chi connectivity index (χ4n) is 3.31. The van der Waals surface area contributed by atoms with Gasteiger partial charge in [-0.2, -0.15) is 0 Å². The Morgan fingerprint density at radius 2 is 1.78 bits per heavy atom. The third kappa shape index (κ3) is 2.43. The molecule has 0 radical (unpaired) electrons. The topological polar surface area (TPSA) is 29.1 Å². The molecular weight excluding hydrogens is 222 g/mol. The molecule has 96 valence electrons. The zero-order valence-electron chi connectivity index (χ0n) is 10.8. The molecule has 0 aliphatic heterocycles. The van der Waals surface area contributed by atoms with Gasteiger partial charge in [-0.15, -0.1) is 0 Å². The smallest absolute Gasteiger partial charge is 0.223 e. The Morgan fingerprint density at radius 1 is 1.06 bits per heavy atom. The van der Waals surface area contributed by atoms with Crippen LogP contribution in [0.4, 0.5) is 0 Å². The number of carbonyl (C=O) groups excluding carboxylic acids is 1. The molecule has 0 aromatic heterocycles. The molecule has 1 fully saturated rings. The number of nitrogens with one attached hydrogen (secondary N) is 1. The van der Waals surface area contributed by atoms with E-state index in [0.29, 0.717) is 6.04 Å². The number of aryl methyl sites for hydroxylation is 1. The quantitative estimate of drug-likeness (QED) is 0.850. The molecule has 0 heterocycles. The summed E-state index contributed by atoms with van der Waals surface area (Å²) in [7, 11) is 0. The lowest BCUT2D eigenvalue weighted by Gasteiger charge is -2.25. The van der Waals surface area contributed by atoms with E-state index in [0.717, 1.165) is 19.3 Å². The van der Waals surface area contributed by atoms with Crippen molar-refractivity contribution in [2.75, 3.05) is 0 Å². The van der Waals surface area contributed by atoms with Crippen LogP contribution < -0.4 is 5.32 Å². The minimum absolute atomic E-state index is 0.195. The van der Waals surface area contributed by atoms with Gasteiger partial charge in [0.05, 0.1) is 0 Å². The van der Waals surface area contributed by atoms with E-state index < -0.39 is 0 Å². The van der Waals surface area contributed by atoms with E-state index in [9.17, 15) is 4.79 Å². The molecule has 1 unspecified atom stereocenters. The molecule has 1 aromatic rings. The lowest BCUT2D eigenvalue weighted by molar-refractivity contribution is -0.126. The van der Waals surface area contributed by atoms with Crippen LogP contribution in [0.3, 0.4) is 0 Å². The predicted octanol–water partition coefficient (Wildman–Crippen LogP) is 2.85. The number of benzene rings is 1. The van der Waals surface area contributed by atoms with Gasteiger partial charge < -0.3 is 5.32 Å². The van der Waals surface area contributed by atoms with Crippen molar-refractivity contribution in [1.82, 2.24) is 5.32 Å². The van der Waals surface area contributed by atoms with Crippen LogP contribution in [0, 0.1) is 5.92 Å². The molecule has 3 rings (SSSR count). The third-order valence-corrected chi connectivity index (χ3v) is 4.42. The first-order valence-corrected chi connectivity index (χ1v) is 7.20. The van der Waals surface area contributed by atoms with Gasteiger partial charge in [0.2, 0.25) is 5.91 Å². The summed E-state index contributed by atoms with van der Waals surface area (Å²) < 4.78 is 0. The molecule has 0 spiro atoms. The highest BCUT2D eigenvalue weighted by molar-refractivity contribution is 5.79. The van der Waals surface area contributed by atoms with Crippen LogP contribution in [0.15, 0.2) is 24.3 Å². The van der Waals surface area contributed by atoms with Gasteiger partial charge >= 0.3 is 0 Å². The fraction of sp³-hybridized carbons (Fsp3) is 0.562. The number of carbonyl (C=O) groups is 1. The summed E-state index contributed by atoms with van der Waals surface area (Å²) in [5, 5.41) is 3.24. The average Bonchev–Trinajstić information content (AvgIpc) is 2.91. The van der Waals surface area contributed by atoms with E-state index in [4.69, 9.17) is 0 Å². The van der Waals surface area contributed by atoms with E-state index in [1.54, 1.807) is 0 Å². The summed E-state index contributed by atoms with van der Waals surface area (Å²) in [6.07, 6.45) is 7.89. The maximum atomic E-state index is 12.3.